The van der Waals surface area contributed by atoms with Crippen molar-refractivity contribution in [3.05, 3.63) is 17.7 Å². The molecule has 0 saturated heterocycles. The molecule has 0 atom stereocenters. The number of imidazole rings is 1. The highest BCUT2D eigenvalue weighted by Crippen LogP contribution is 2.04. The van der Waals surface area contributed by atoms with Crippen LogP contribution in [0.15, 0.2) is 6.20 Å². The molecule has 0 aliphatic carbocycles. The van der Waals surface area contributed by atoms with Gasteiger partial charge in [0.15, 0.2) is 0 Å². The SMILES string of the molecule is CCCOCCn1c(CNCCOC)cnc1C. The fourth-order valence-corrected chi connectivity index (χ4v) is 1.75. The lowest BCUT2D eigenvalue weighted by Gasteiger charge is -2.11. The van der Waals surface area contributed by atoms with Crippen molar-refractivity contribution in [2.75, 3.05) is 33.5 Å². The molecule has 5 heteroatoms. The second-order valence-electron chi connectivity index (χ2n) is 4.23. The van der Waals surface area contributed by atoms with E-state index in [1.165, 1.54) is 5.69 Å². The van der Waals surface area contributed by atoms with E-state index in [-0.39, 0.29) is 0 Å². The molecule has 0 fully saturated rings. The van der Waals surface area contributed by atoms with Gasteiger partial charge in [0.1, 0.15) is 5.82 Å². The monoisotopic (exact) mass is 255 g/mol. The molecule has 0 bridgehead atoms. The Morgan fingerprint density at radius 3 is 2.89 bits per heavy atom. The van der Waals surface area contributed by atoms with Crippen LogP contribution in [0.2, 0.25) is 0 Å². The molecule has 0 unspecified atom stereocenters. The van der Waals surface area contributed by atoms with E-state index in [1.807, 2.05) is 13.1 Å². The van der Waals surface area contributed by atoms with E-state index in [1.54, 1.807) is 7.11 Å². The van der Waals surface area contributed by atoms with E-state index in [2.05, 4.69) is 21.8 Å². The molecule has 104 valence electrons. The molecule has 0 spiro atoms. The molecule has 5 nitrogen and oxygen atoms in total. The topological polar surface area (TPSA) is 48.3 Å². The van der Waals surface area contributed by atoms with E-state index in [4.69, 9.17) is 9.47 Å². The van der Waals surface area contributed by atoms with Gasteiger partial charge in [-0.3, -0.25) is 0 Å². The van der Waals surface area contributed by atoms with E-state index in [0.717, 1.165) is 51.7 Å². The first-order valence-electron chi connectivity index (χ1n) is 6.58. The number of nitrogens with one attached hydrogen (secondary N) is 1. The van der Waals surface area contributed by atoms with Crippen molar-refractivity contribution in [3.8, 4) is 0 Å². The summed E-state index contributed by atoms with van der Waals surface area (Å²) in [6.45, 7) is 8.99. The molecule has 0 amide bonds. The molecular formula is C13H25N3O2. The fraction of sp³-hybridized carbons (Fsp3) is 0.769. The number of aromatic nitrogens is 2. The van der Waals surface area contributed by atoms with Gasteiger partial charge in [-0.05, 0) is 13.3 Å². The minimum absolute atomic E-state index is 0.729. The fourth-order valence-electron chi connectivity index (χ4n) is 1.75. The lowest BCUT2D eigenvalue weighted by Crippen LogP contribution is -2.21. The van der Waals surface area contributed by atoms with Gasteiger partial charge in [-0.1, -0.05) is 6.92 Å². The Balaban J connectivity index is 2.37. The summed E-state index contributed by atoms with van der Waals surface area (Å²) in [4.78, 5) is 4.35. The molecule has 0 saturated carbocycles. The van der Waals surface area contributed by atoms with Gasteiger partial charge in [0.25, 0.3) is 0 Å². The van der Waals surface area contributed by atoms with Crippen molar-refractivity contribution in [2.24, 2.45) is 0 Å². The number of rotatable bonds is 10. The van der Waals surface area contributed by atoms with Crippen molar-refractivity contribution in [1.82, 2.24) is 14.9 Å². The van der Waals surface area contributed by atoms with Crippen molar-refractivity contribution in [1.29, 1.82) is 0 Å². The van der Waals surface area contributed by atoms with Crippen LogP contribution < -0.4 is 5.32 Å². The van der Waals surface area contributed by atoms with Gasteiger partial charge in [-0.2, -0.15) is 0 Å². The van der Waals surface area contributed by atoms with Crippen LogP contribution >= 0.6 is 0 Å². The lowest BCUT2D eigenvalue weighted by molar-refractivity contribution is 0.125. The van der Waals surface area contributed by atoms with Crippen LogP contribution in [0.3, 0.4) is 0 Å². The minimum Gasteiger partial charge on any atom is -0.383 e. The molecule has 1 heterocycles. The summed E-state index contributed by atoms with van der Waals surface area (Å²) in [5.74, 6) is 1.04. The average molecular weight is 255 g/mol. The third-order valence-corrected chi connectivity index (χ3v) is 2.73. The molecule has 0 radical (unpaired) electrons. The van der Waals surface area contributed by atoms with Crippen LogP contribution in [0.25, 0.3) is 0 Å². The second kappa shape index (κ2) is 9.08. The molecule has 0 aromatic carbocycles. The van der Waals surface area contributed by atoms with Gasteiger partial charge in [0.2, 0.25) is 0 Å². The van der Waals surface area contributed by atoms with Gasteiger partial charge < -0.3 is 19.4 Å². The number of ether oxygens (including phenoxy) is 2. The first-order valence-corrected chi connectivity index (χ1v) is 6.58. The average Bonchev–Trinajstić information content (AvgIpc) is 2.72. The maximum Gasteiger partial charge on any atom is 0.105 e. The Bertz CT molecular complexity index is 326. The summed E-state index contributed by atoms with van der Waals surface area (Å²) >= 11 is 0. The van der Waals surface area contributed by atoms with Crippen LogP contribution in [0.5, 0.6) is 0 Å². The van der Waals surface area contributed by atoms with Gasteiger partial charge in [-0.25, -0.2) is 4.98 Å². The first-order chi connectivity index (χ1) is 8.79. The van der Waals surface area contributed by atoms with E-state index < -0.39 is 0 Å². The first kappa shape index (κ1) is 15.1. The number of aryl methyl sites for hydroxylation is 1. The summed E-state index contributed by atoms with van der Waals surface area (Å²) in [6.07, 6.45) is 2.99. The summed E-state index contributed by atoms with van der Waals surface area (Å²) in [7, 11) is 1.71. The second-order valence-corrected chi connectivity index (χ2v) is 4.23. The van der Waals surface area contributed by atoms with Gasteiger partial charge in [0, 0.05) is 39.5 Å². The van der Waals surface area contributed by atoms with E-state index in [0.29, 0.717) is 0 Å². The van der Waals surface area contributed by atoms with E-state index >= 15 is 0 Å². The Labute approximate surface area is 109 Å². The number of nitrogens with zero attached hydrogens (tertiary/aromatic N) is 2. The van der Waals surface area contributed by atoms with E-state index in [9.17, 15) is 0 Å². The van der Waals surface area contributed by atoms with Crippen molar-refractivity contribution >= 4 is 0 Å². The lowest BCUT2D eigenvalue weighted by atomic mass is 10.4. The van der Waals surface area contributed by atoms with Crippen LogP contribution in [-0.4, -0.2) is 43.0 Å². The Morgan fingerprint density at radius 2 is 2.17 bits per heavy atom. The normalized spacial score (nSPS) is 11.1. The predicted octanol–water partition coefficient (Wildman–Crippen LogP) is 1.35. The predicted molar refractivity (Wildman–Crippen MR) is 71.7 cm³/mol. The largest absolute Gasteiger partial charge is 0.383 e. The maximum absolute atomic E-state index is 5.52. The van der Waals surface area contributed by atoms with Gasteiger partial charge in [-0.15, -0.1) is 0 Å². The van der Waals surface area contributed by atoms with Crippen LogP contribution in [0.4, 0.5) is 0 Å². The maximum atomic E-state index is 5.52. The standard InChI is InChI=1S/C13H25N3O2/c1-4-7-18-9-6-16-12(2)15-11-13(16)10-14-5-8-17-3/h11,14H,4-10H2,1-3H3. The van der Waals surface area contributed by atoms with Crippen molar-refractivity contribution in [3.63, 3.8) is 0 Å². The Hall–Kier alpha value is -0.910. The van der Waals surface area contributed by atoms with Crippen LogP contribution in [0.1, 0.15) is 24.9 Å². The third kappa shape index (κ3) is 5.16. The highest BCUT2D eigenvalue weighted by atomic mass is 16.5. The highest BCUT2D eigenvalue weighted by Gasteiger charge is 2.05. The molecule has 18 heavy (non-hydrogen) atoms. The molecule has 1 aromatic heterocycles. The summed E-state index contributed by atoms with van der Waals surface area (Å²) in [5, 5.41) is 3.33. The molecule has 1 rings (SSSR count). The van der Waals surface area contributed by atoms with Gasteiger partial charge >= 0.3 is 0 Å². The summed E-state index contributed by atoms with van der Waals surface area (Å²) < 4.78 is 12.7. The Kier molecular flexibility index (Phi) is 7.64. The number of hydrogen-bond donors (Lipinski definition) is 1. The Morgan fingerprint density at radius 1 is 1.33 bits per heavy atom. The highest BCUT2D eigenvalue weighted by molar-refractivity contribution is 5.04. The van der Waals surface area contributed by atoms with Crippen LogP contribution in [-0.2, 0) is 22.6 Å². The molecule has 0 aliphatic heterocycles. The molecule has 1 aromatic rings. The summed E-state index contributed by atoms with van der Waals surface area (Å²) in [6, 6.07) is 0. The smallest absolute Gasteiger partial charge is 0.105 e. The van der Waals surface area contributed by atoms with Crippen molar-refractivity contribution in [2.45, 2.75) is 33.4 Å². The molecular weight excluding hydrogens is 230 g/mol. The van der Waals surface area contributed by atoms with Crippen molar-refractivity contribution < 1.29 is 9.47 Å². The minimum atomic E-state index is 0.729. The zero-order valence-corrected chi connectivity index (χ0v) is 11.7. The quantitative estimate of drug-likeness (QED) is 0.641. The molecule has 0 aliphatic rings. The van der Waals surface area contributed by atoms with Gasteiger partial charge in [0.05, 0.1) is 18.9 Å². The molecule has 1 N–H and O–H groups in total. The number of hydrogen-bond acceptors (Lipinski definition) is 4. The third-order valence-electron chi connectivity index (χ3n) is 2.73. The zero-order valence-electron chi connectivity index (χ0n) is 11.7. The zero-order chi connectivity index (χ0) is 13.2. The number of methoxy groups -OCH3 is 1. The van der Waals surface area contributed by atoms with Crippen LogP contribution in [0, 0.1) is 6.92 Å². The summed E-state index contributed by atoms with van der Waals surface area (Å²) in [5.41, 5.74) is 1.20.